The molecule has 2 heterocycles. The molecule has 2 N–H and O–H groups in total. The molecular formula is C10H16N4. The first-order chi connectivity index (χ1) is 6.88. The molecule has 1 atom stereocenters. The molecule has 14 heavy (non-hydrogen) atoms. The molecule has 1 aliphatic heterocycles. The first kappa shape index (κ1) is 9.40. The normalized spacial score (nSPS) is 21.1. The van der Waals surface area contributed by atoms with Crippen molar-refractivity contribution in [2.45, 2.75) is 12.8 Å². The van der Waals surface area contributed by atoms with Crippen molar-refractivity contribution in [3.63, 3.8) is 0 Å². The van der Waals surface area contributed by atoms with Crippen LogP contribution in [0, 0.1) is 5.92 Å². The molecule has 1 saturated heterocycles. The number of hydrogen-bond donors (Lipinski definition) is 2. The van der Waals surface area contributed by atoms with Gasteiger partial charge in [-0.3, -0.25) is 0 Å². The zero-order chi connectivity index (χ0) is 9.80. The minimum Gasteiger partial charge on any atom is -0.372 e. The molecule has 0 aliphatic carbocycles. The van der Waals surface area contributed by atoms with E-state index in [1.807, 2.05) is 13.1 Å². The van der Waals surface area contributed by atoms with Crippen LogP contribution in [0.2, 0.25) is 0 Å². The average molecular weight is 192 g/mol. The topological polar surface area (TPSA) is 49.8 Å². The van der Waals surface area contributed by atoms with Gasteiger partial charge in [-0.25, -0.2) is 0 Å². The molecule has 1 aromatic heterocycles. The van der Waals surface area contributed by atoms with Crippen LogP contribution in [0.25, 0.3) is 0 Å². The van der Waals surface area contributed by atoms with Gasteiger partial charge in [-0.05, 0) is 44.0 Å². The van der Waals surface area contributed by atoms with Crippen LogP contribution in [-0.2, 0) is 6.42 Å². The van der Waals surface area contributed by atoms with Gasteiger partial charge in [0.15, 0.2) is 0 Å². The molecule has 1 fully saturated rings. The molecule has 0 spiro atoms. The smallest absolute Gasteiger partial charge is 0.148 e. The van der Waals surface area contributed by atoms with Crippen molar-refractivity contribution >= 4 is 5.82 Å². The van der Waals surface area contributed by atoms with Gasteiger partial charge in [-0.15, -0.1) is 5.10 Å². The lowest BCUT2D eigenvalue weighted by Gasteiger charge is -2.06. The number of nitrogens with one attached hydrogen (secondary N) is 2. The van der Waals surface area contributed by atoms with E-state index in [0.29, 0.717) is 0 Å². The summed E-state index contributed by atoms with van der Waals surface area (Å²) in [5.41, 5.74) is 1.10. The van der Waals surface area contributed by atoms with E-state index in [2.05, 4.69) is 26.9 Å². The minimum atomic E-state index is 0.740. The number of hydrogen-bond acceptors (Lipinski definition) is 4. The van der Waals surface area contributed by atoms with Crippen LogP contribution in [0.1, 0.15) is 12.1 Å². The first-order valence-corrected chi connectivity index (χ1v) is 5.09. The summed E-state index contributed by atoms with van der Waals surface area (Å²) in [7, 11) is 1.85. The van der Waals surface area contributed by atoms with Gasteiger partial charge in [0.05, 0.1) is 5.69 Å². The summed E-state index contributed by atoms with van der Waals surface area (Å²) in [5.74, 6) is 1.57. The molecule has 1 unspecified atom stereocenters. The summed E-state index contributed by atoms with van der Waals surface area (Å²) in [6, 6.07) is 4.03. The third kappa shape index (κ3) is 2.20. The number of rotatable bonds is 3. The van der Waals surface area contributed by atoms with Crippen LogP contribution < -0.4 is 10.6 Å². The first-order valence-electron chi connectivity index (χ1n) is 5.09. The van der Waals surface area contributed by atoms with Crippen LogP contribution in [-0.4, -0.2) is 30.3 Å². The summed E-state index contributed by atoms with van der Waals surface area (Å²) in [5, 5.41) is 14.5. The van der Waals surface area contributed by atoms with Crippen LogP contribution >= 0.6 is 0 Å². The maximum absolute atomic E-state index is 4.17. The quantitative estimate of drug-likeness (QED) is 0.739. The lowest BCUT2D eigenvalue weighted by molar-refractivity contribution is 0.567. The molecule has 0 saturated carbocycles. The van der Waals surface area contributed by atoms with E-state index >= 15 is 0 Å². The predicted octanol–water partition coefficient (Wildman–Crippen LogP) is 0.670. The van der Waals surface area contributed by atoms with Gasteiger partial charge in [0.25, 0.3) is 0 Å². The van der Waals surface area contributed by atoms with Gasteiger partial charge in [0.2, 0.25) is 0 Å². The van der Waals surface area contributed by atoms with E-state index in [1.54, 1.807) is 0 Å². The van der Waals surface area contributed by atoms with Crippen LogP contribution in [0.15, 0.2) is 12.1 Å². The zero-order valence-electron chi connectivity index (χ0n) is 8.45. The van der Waals surface area contributed by atoms with Crippen LogP contribution in [0.5, 0.6) is 0 Å². The molecule has 0 bridgehead atoms. The molecule has 2 rings (SSSR count). The second-order valence-corrected chi connectivity index (χ2v) is 3.72. The summed E-state index contributed by atoms with van der Waals surface area (Å²) in [6.07, 6.45) is 2.31. The van der Waals surface area contributed by atoms with E-state index in [1.165, 1.54) is 6.42 Å². The van der Waals surface area contributed by atoms with Crippen molar-refractivity contribution < 1.29 is 0 Å². The van der Waals surface area contributed by atoms with Gasteiger partial charge >= 0.3 is 0 Å². The Labute approximate surface area is 84.1 Å². The highest BCUT2D eigenvalue weighted by Gasteiger charge is 2.15. The SMILES string of the molecule is CNc1ccc(CC2CCNC2)nn1. The Hall–Kier alpha value is -1.16. The molecule has 0 amide bonds. The molecule has 76 valence electrons. The molecule has 0 radical (unpaired) electrons. The van der Waals surface area contributed by atoms with Crippen LogP contribution in [0.4, 0.5) is 5.82 Å². The molecular weight excluding hydrogens is 176 g/mol. The van der Waals surface area contributed by atoms with Crippen molar-refractivity contribution in [3.05, 3.63) is 17.8 Å². The van der Waals surface area contributed by atoms with Crippen molar-refractivity contribution in [1.82, 2.24) is 15.5 Å². The molecule has 1 aromatic rings. The summed E-state index contributed by atoms with van der Waals surface area (Å²) in [6.45, 7) is 2.27. The molecule has 4 heteroatoms. The van der Waals surface area contributed by atoms with Crippen LogP contribution in [0.3, 0.4) is 0 Å². The zero-order valence-corrected chi connectivity index (χ0v) is 8.45. The summed E-state index contributed by atoms with van der Waals surface area (Å²) >= 11 is 0. The molecule has 4 nitrogen and oxygen atoms in total. The van der Waals surface area contributed by atoms with Crippen molar-refractivity contribution in [2.75, 3.05) is 25.5 Å². The van der Waals surface area contributed by atoms with E-state index in [9.17, 15) is 0 Å². The highest BCUT2D eigenvalue weighted by Crippen LogP contribution is 2.13. The fraction of sp³-hybridized carbons (Fsp3) is 0.600. The van der Waals surface area contributed by atoms with E-state index in [4.69, 9.17) is 0 Å². The minimum absolute atomic E-state index is 0.740. The Kier molecular flexibility index (Phi) is 2.93. The second-order valence-electron chi connectivity index (χ2n) is 3.72. The average Bonchev–Trinajstić information content (AvgIpc) is 2.72. The lowest BCUT2D eigenvalue weighted by atomic mass is 10.0. The summed E-state index contributed by atoms with van der Waals surface area (Å²) in [4.78, 5) is 0. The number of anilines is 1. The Morgan fingerprint density at radius 2 is 2.43 bits per heavy atom. The highest BCUT2D eigenvalue weighted by molar-refractivity contribution is 5.31. The fourth-order valence-corrected chi connectivity index (χ4v) is 1.79. The Balaban J connectivity index is 1.95. The van der Waals surface area contributed by atoms with Gasteiger partial charge in [-0.1, -0.05) is 0 Å². The van der Waals surface area contributed by atoms with Crippen molar-refractivity contribution in [1.29, 1.82) is 0 Å². The van der Waals surface area contributed by atoms with E-state index in [-0.39, 0.29) is 0 Å². The molecule has 0 aromatic carbocycles. The van der Waals surface area contributed by atoms with Gasteiger partial charge in [0.1, 0.15) is 5.82 Å². The standard InChI is InChI=1S/C10H16N4/c1-11-10-3-2-9(13-14-10)6-8-4-5-12-7-8/h2-3,8,12H,4-7H2,1H3,(H,11,14). The number of nitrogens with zero attached hydrogens (tertiary/aromatic N) is 2. The Morgan fingerprint density at radius 3 is 3.00 bits per heavy atom. The van der Waals surface area contributed by atoms with Crippen molar-refractivity contribution in [2.24, 2.45) is 5.92 Å². The Bertz CT molecular complexity index is 277. The highest BCUT2D eigenvalue weighted by atomic mass is 15.2. The largest absolute Gasteiger partial charge is 0.372 e. The van der Waals surface area contributed by atoms with Gasteiger partial charge < -0.3 is 10.6 Å². The van der Waals surface area contributed by atoms with Gasteiger partial charge in [0, 0.05) is 7.05 Å². The van der Waals surface area contributed by atoms with Gasteiger partial charge in [-0.2, -0.15) is 5.10 Å². The maximum atomic E-state index is 4.17. The van der Waals surface area contributed by atoms with Crippen molar-refractivity contribution in [3.8, 4) is 0 Å². The number of aromatic nitrogens is 2. The predicted molar refractivity (Wildman–Crippen MR) is 56.3 cm³/mol. The second kappa shape index (κ2) is 4.37. The van der Waals surface area contributed by atoms with E-state index in [0.717, 1.165) is 36.9 Å². The monoisotopic (exact) mass is 192 g/mol. The maximum Gasteiger partial charge on any atom is 0.148 e. The van der Waals surface area contributed by atoms with E-state index < -0.39 is 0 Å². The molecule has 1 aliphatic rings. The third-order valence-electron chi connectivity index (χ3n) is 2.64. The lowest BCUT2D eigenvalue weighted by Crippen LogP contribution is -2.11. The third-order valence-corrected chi connectivity index (χ3v) is 2.64. The summed E-state index contributed by atoms with van der Waals surface area (Å²) < 4.78 is 0. The fourth-order valence-electron chi connectivity index (χ4n) is 1.79. The Morgan fingerprint density at radius 1 is 1.50 bits per heavy atom.